The Morgan fingerprint density at radius 1 is 1.12 bits per heavy atom. The Hall–Kier alpha value is -1.06. The number of halogens is 2. The predicted octanol–water partition coefficient (Wildman–Crippen LogP) is 4.67. The standard InChI is InChI=1S/C13H8BrIN2/c14-10-1-6-13(9(7-10)8-16)17-12-4-2-11(15)3-5-12/h1-7,17H. The molecular weight excluding hydrogens is 391 g/mol. The van der Waals surface area contributed by atoms with Gasteiger partial charge in [-0.3, -0.25) is 0 Å². The van der Waals surface area contributed by atoms with Gasteiger partial charge < -0.3 is 5.32 Å². The van der Waals surface area contributed by atoms with Crippen LogP contribution in [0.5, 0.6) is 0 Å². The maximum absolute atomic E-state index is 9.05. The third-order valence-electron chi connectivity index (χ3n) is 2.23. The molecule has 0 bridgehead atoms. The van der Waals surface area contributed by atoms with Crippen molar-refractivity contribution in [2.45, 2.75) is 0 Å². The van der Waals surface area contributed by atoms with Gasteiger partial charge in [0.15, 0.2) is 0 Å². The summed E-state index contributed by atoms with van der Waals surface area (Å²) in [6.07, 6.45) is 0. The van der Waals surface area contributed by atoms with Gasteiger partial charge in [-0.1, -0.05) is 15.9 Å². The minimum absolute atomic E-state index is 0.623. The van der Waals surface area contributed by atoms with Crippen LogP contribution in [0.4, 0.5) is 11.4 Å². The maximum atomic E-state index is 9.05. The monoisotopic (exact) mass is 398 g/mol. The first-order valence-corrected chi connectivity index (χ1v) is 6.78. The molecule has 4 heteroatoms. The number of hydrogen-bond acceptors (Lipinski definition) is 2. The van der Waals surface area contributed by atoms with Crippen molar-refractivity contribution >= 4 is 49.9 Å². The van der Waals surface area contributed by atoms with Crippen LogP contribution in [0.1, 0.15) is 5.56 Å². The first kappa shape index (κ1) is 12.4. The summed E-state index contributed by atoms with van der Waals surface area (Å²) in [6.45, 7) is 0. The molecule has 2 nitrogen and oxygen atoms in total. The van der Waals surface area contributed by atoms with Crippen LogP contribution in [0.25, 0.3) is 0 Å². The van der Waals surface area contributed by atoms with Gasteiger partial charge in [0.1, 0.15) is 6.07 Å². The van der Waals surface area contributed by atoms with E-state index in [1.807, 2.05) is 36.4 Å². The lowest BCUT2D eigenvalue weighted by Crippen LogP contribution is -1.93. The smallest absolute Gasteiger partial charge is 0.101 e. The van der Waals surface area contributed by atoms with Crippen LogP contribution in [-0.4, -0.2) is 0 Å². The van der Waals surface area contributed by atoms with E-state index >= 15 is 0 Å². The van der Waals surface area contributed by atoms with Gasteiger partial charge in [-0.25, -0.2) is 0 Å². The quantitative estimate of drug-likeness (QED) is 0.746. The summed E-state index contributed by atoms with van der Waals surface area (Å²) in [5.41, 5.74) is 2.42. The van der Waals surface area contributed by atoms with Crippen molar-refractivity contribution in [3.05, 3.63) is 56.1 Å². The topological polar surface area (TPSA) is 35.8 Å². The summed E-state index contributed by atoms with van der Waals surface area (Å²) < 4.78 is 2.09. The van der Waals surface area contributed by atoms with E-state index in [-0.39, 0.29) is 0 Å². The Morgan fingerprint density at radius 2 is 1.82 bits per heavy atom. The molecule has 0 saturated carbocycles. The molecule has 0 atom stereocenters. The van der Waals surface area contributed by atoms with Crippen molar-refractivity contribution in [2.75, 3.05) is 5.32 Å². The molecule has 2 aromatic carbocycles. The Bertz CT molecular complexity index is 573. The molecule has 84 valence electrons. The molecule has 2 rings (SSSR count). The Labute approximate surface area is 122 Å². The van der Waals surface area contributed by atoms with Gasteiger partial charge in [-0.05, 0) is 65.1 Å². The molecule has 0 spiro atoms. The third-order valence-corrected chi connectivity index (χ3v) is 3.44. The average Bonchev–Trinajstić information content (AvgIpc) is 2.34. The molecule has 0 amide bonds. The second-order valence-electron chi connectivity index (χ2n) is 3.43. The van der Waals surface area contributed by atoms with Crippen molar-refractivity contribution in [1.82, 2.24) is 0 Å². The van der Waals surface area contributed by atoms with Crippen molar-refractivity contribution in [2.24, 2.45) is 0 Å². The van der Waals surface area contributed by atoms with Crippen LogP contribution in [0, 0.1) is 14.9 Å². The van der Waals surface area contributed by atoms with Gasteiger partial charge in [0.2, 0.25) is 0 Å². The van der Waals surface area contributed by atoms with E-state index < -0.39 is 0 Å². The molecule has 1 N–H and O–H groups in total. The molecule has 0 radical (unpaired) electrons. The number of nitriles is 1. The van der Waals surface area contributed by atoms with Crippen molar-refractivity contribution in [3.63, 3.8) is 0 Å². The van der Waals surface area contributed by atoms with Crippen molar-refractivity contribution in [1.29, 1.82) is 5.26 Å². The minimum Gasteiger partial charge on any atom is -0.354 e. The average molecular weight is 399 g/mol. The van der Waals surface area contributed by atoms with Crippen LogP contribution >= 0.6 is 38.5 Å². The number of nitrogens with zero attached hydrogens (tertiary/aromatic N) is 1. The summed E-state index contributed by atoms with van der Waals surface area (Å²) >= 11 is 5.61. The molecule has 0 aromatic heterocycles. The van der Waals surface area contributed by atoms with Gasteiger partial charge in [0, 0.05) is 13.7 Å². The summed E-state index contributed by atoms with van der Waals surface area (Å²) in [7, 11) is 0. The fourth-order valence-corrected chi connectivity index (χ4v) is 2.13. The van der Waals surface area contributed by atoms with Crippen LogP contribution in [0.15, 0.2) is 46.9 Å². The fourth-order valence-electron chi connectivity index (χ4n) is 1.41. The zero-order valence-electron chi connectivity index (χ0n) is 8.74. The van der Waals surface area contributed by atoms with E-state index in [4.69, 9.17) is 5.26 Å². The maximum Gasteiger partial charge on any atom is 0.101 e. The molecule has 0 heterocycles. The summed E-state index contributed by atoms with van der Waals surface area (Å²) in [5, 5.41) is 12.3. The lowest BCUT2D eigenvalue weighted by Gasteiger charge is -2.08. The van der Waals surface area contributed by atoms with Crippen molar-refractivity contribution in [3.8, 4) is 6.07 Å². The lowest BCUT2D eigenvalue weighted by molar-refractivity contribution is 1.45. The number of hydrogen-bond donors (Lipinski definition) is 1. The third kappa shape index (κ3) is 3.20. The highest BCUT2D eigenvalue weighted by Crippen LogP contribution is 2.24. The number of nitrogens with one attached hydrogen (secondary N) is 1. The molecular formula is C13H8BrIN2. The summed E-state index contributed by atoms with van der Waals surface area (Å²) in [4.78, 5) is 0. The van der Waals surface area contributed by atoms with E-state index in [0.717, 1.165) is 15.8 Å². The molecule has 0 aliphatic rings. The molecule has 0 unspecified atom stereocenters. The normalized spacial score (nSPS) is 9.71. The van der Waals surface area contributed by atoms with E-state index in [1.54, 1.807) is 6.07 Å². The molecule has 0 aliphatic carbocycles. The van der Waals surface area contributed by atoms with E-state index in [0.29, 0.717) is 5.56 Å². The second kappa shape index (κ2) is 5.52. The number of anilines is 2. The SMILES string of the molecule is N#Cc1cc(Br)ccc1Nc1ccc(I)cc1. The highest BCUT2D eigenvalue weighted by Gasteiger charge is 2.02. The zero-order valence-corrected chi connectivity index (χ0v) is 12.5. The van der Waals surface area contributed by atoms with Gasteiger partial charge in [0.25, 0.3) is 0 Å². The minimum atomic E-state index is 0.623. The van der Waals surface area contributed by atoms with E-state index in [2.05, 4.69) is 49.9 Å². The van der Waals surface area contributed by atoms with Gasteiger partial charge in [-0.2, -0.15) is 5.26 Å². The molecule has 0 fully saturated rings. The van der Waals surface area contributed by atoms with E-state index in [1.165, 1.54) is 3.57 Å². The molecule has 0 aliphatic heterocycles. The van der Waals surface area contributed by atoms with E-state index in [9.17, 15) is 0 Å². The summed E-state index contributed by atoms with van der Waals surface area (Å²) in [6, 6.07) is 15.8. The first-order valence-electron chi connectivity index (χ1n) is 4.91. The Kier molecular flexibility index (Phi) is 4.02. The fraction of sp³-hybridized carbons (Fsp3) is 0. The van der Waals surface area contributed by atoms with Crippen LogP contribution in [-0.2, 0) is 0 Å². The molecule has 17 heavy (non-hydrogen) atoms. The first-order chi connectivity index (χ1) is 8.19. The highest BCUT2D eigenvalue weighted by atomic mass is 127. The van der Waals surface area contributed by atoms with Crippen molar-refractivity contribution < 1.29 is 0 Å². The van der Waals surface area contributed by atoms with Gasteiger partial charge in [-0.15, -0.1) is 0 Å². The van der Waals surface area contributed by atoms with Gasteiger partial charge >= 0.3 is 0 Å². The Morgan fingerprint density at radius 3 is 2.47 bits per heavy atom. The molecule has 2 aromatic rings. The largest absolute Gasteiger partial charge is 0.354 e. The summed E-state index contributed by atoms with van der Waals surface area (Å²) in [5.74, 6) is 0. The number of rotatable bonds is 2. The predicted molar refractivity (Wildman–Crippen MR) is 81.3 cm³/mol. The van der Waals surface area contributed by atoms with Crippen LogP contribution < -0.4 is 5.32 Å². The second-order valence-corrected chi connectivity index (χ2v) is 5.59. The molecule has 0 saturated heterocycles. The zero-order chi connectivity index (χ0) is 12.3. The van der Waals surface area contributed by atoms with Gasteiger partial charge in [0.05, 0.1) is 11.3 Å². The van der Waals surface area contributed by atoms with Crippen LogP contribution in [0.3, 0.4) is 0 Å². The highest BCUT2D eigenvalue weighted by molar-refractivity contribution is 14.1. The Balaban J connectivity index is 2.30. The van der Waals surface area contributed by atoms with Crippen LogP contribution in [0.2, 0.25) is 0 Å². The lowest BCUT2D eigenvalue weighted by atomic mass is 10.2. The number of benzene rings is 2.